The van der Waals surface area contributed by atoms with E-state index in [0.29, 0.717) is 16.5 Å². The van der Waals surface area contributed by atoms with Crippen molar-refractivity contribution in [3.8, 4) is 11.5 Å². The summed E-state index contributed by atoms with van der Waals surface area (Å²) in [5, 5.41) is 0. The predicted octanol–water partition coefficient (Wildman–Crippen LogP) is 1.34. The van der Waals surface area contributed by atoms with Crippen LogP contribution in [0.2, 0.25) is 0 Å². The third kappa shape index (κ3) is 2.09. The van der Waals surface area contributed by atoms with Gasteiger partial charge in [0.05, 0.1) is 14.2 Å². The van der Waals surface area contributed by atoms with Crippen LogP contribution in [0.15, 0.2) is 18.2 Å². The van der Waals surface area contributed by atoms with Gasteiger partial charge in [0.25, 0.3) is 0 Å². The molecule has 0 unspecified atom stereocenters. The van der Waals surface area contributed by atoms with Crippen LogP contribution in [-0.2, 0) is 0 Å². The van der Waals surface area contributed by atoms with Crippen molar-refractivity contribution < 1.29 is 9.47 Å². The van der Waals surface area contributed by atoms with Gasteiger partial charge in [-0.25, -0.2) is 0 Å². The molecule has 70 valence electrons. The molecule has 3 nitrogen and oxygen atoms in total. The van der Waals surface area contributed by atoms with Crippen LogP contribution in [0, 0.1) is 0 Å². The summed E-state index contributed by atoms with van der Waals surface area (Å²) < 4.78 is 10.1. The topological polar surface area (TPSA) is 44.5 Å². The lowest BCUT2D eigenvalue weighted by molar-refractivity contribution is 0.355. The van der Waals surface area contributed by atoms with E-state index in [0.717, 1.165) is 5.56 Å². The summed E-state index contributed by atoms with van der Waals surface area (Å²) in [5.41, 5.74) is 6.23. The van der Waals surface area contributed by atoms with Gasteiger partial charge in [0.2, 0.25) is 0 Å². The third-order valence-electron chi connectivity index (χ3n) is 1.67. The Labute approximate surface area is 82.5 Å². The van der Waals surface area contributed by atoms with Gasteiger partial charge in [-0.1, -0.05) is 12.2 Å². The highest BCUT2D eigenvalue weighted by Crippen LogP contribution is 2.27. The first kappa shape index (κ1) is 9.80. The van der Waals surface area contributed by atoms with Gasteiger partial charge in [0, 0.05) is 5.56 Å². The molecule has 0 fully saturated rings. The Hall–Kier alpha value is -1.29. The van der Waals surface area contributed by atoms with Crippen molar-refractivity contribution in [2.75, 3.05) is 14.2 Å². The van der Waals surface area contributed by atoms with Gasteiger partial charge in [-0.15, -0.1) is 0 Å². The fourth-order valence-corrected chi connectivity index (χ4v) is 1.12. The molecule has 0 aromatic heterocycles. The SMILES string of the molecule is COc1ccc(C(N)=S)cc1OC. The van der Waals surface area contributed by atoms with E-state index in [-0.39, 0.29) is 0 Å². The van der Waals surface area contributed by atoms with E-state index in [2.05, 4.69) is 0 Å². The van der Waals surface area contributed by atoms with Crippen LogP contribution < -0.4 is 15.2 Å². The van der Waals surface area contributed by atoms with Crippen LogP contribution in [0.5, 0.6) is 11.5 Å². The van der Waals surface area contributed by atoms with Gasteiger partial charge in [-0.05, 0) is 18.2 Å². The maximum atomic E-state index is 5.46. The van der Waals surface area contributed by atoms with Gasteiger partial charge in [0.1, 0.15) is 4.99 Å². The van der Waals surface area contributed by atoms with Crippen LogP contribution in [0.25, 0.3) is 0 Å². The molecule has 1 aromatic carbocycles. The van der Waals surface area contributed by atoms with Crippen molar-refractivity contribution in [2.45, 2.75) is 0 Å². The van der Waals surface area contributed by atoms with E-state index < -0.39 is 0 Å². The van der Waals surface area contributed by atoms with Crippen molar-refractivity contribution in [2.24, 2.45) is 5.73 Å². The summed E-state index contributed by atoms with van der Waals surface area (Å²) in [5.74, 6) is 1.30. The molecule has 0 saturated carbocycles. The number of methoxy groups -OCH3 is 2. The van der Waals surface area contributed by atoms with Crippen molar-refractivity contribution in [3.63, 3.8) is 0 Å². The molecule has 13 heavy (non-hydrogen) atoms. The van der Waals surface area contributed by atoms with Gasteiger partial charge in [-0.2, -0.15) is 0 Å². The third-order valence-corrected chi connectivity index (χ3v) is 1.90. The molecule has 4 heteroatoms. The van der Waals surface area contributed by atoms with Gasteiger partial charge in [0.15, 0.2) is 11.5 Å². The van der Waals surface area contributed by atoms with E-state index in [9.17, 15) is 0 Å². The van der Waals surface area contributed by atoms with Crippen molar-refractivity contribution in [1.82, 2.24) is 0 Å². The predicted molar refractivity (Wildman–Crippen MR) is 55.4 cm³/mol. The summed E-state index contributed by atoms with van der Waals surface area (Å²) >= 11 is 4.83. The first-order chi connectivity index (χ1) is 6.19. The smallest absolute Gasteiger partial charge is 0.161 e. The second-order valence-corrected chi connectivity index (χ2v) is 2.87. The molecule has 0 atom stereocenters. The number of hydrogen-bond acceptors (Lipinski definition) is 3. The highest BCUT2D eigenvalue weighted by molar-refractivity contribution is 7.80. The molecule has 0 aliphatic carbocycles. The van der Waals surface area contributed by atoms with Gasteiger partial charge >= 0.3 is 0 Å². The molecule has 0 heterocycles. The molecule has 0 radical (unpaired) electrons. The number of rotatable bonds is 3. The van der Waals surface area contributed by atoms with Crippen LogP contribution in [0.4, 0.5) is 0 Å². The molecular formula is C9H11NO2S. The average molecular weight is 197 g/mol. The first-order valence-electron chi connectivity index (χ1n) is 3.71. The van der Waals surface area contributed by atoms with E-state index in [1.165, 1.54) is 0 Å². The Bertz CT molecular complexity index is 325. The lowest BCUT2D eigenvalue weighted by atomic mass is 10.2. The normalized spacial score (nSPS) is 9.38. The monoisotopic (exact) mass is 197 g/mol. The van der Waals surface area contributed by atoms with Gasteiger partial charge in [-0.3, -0.25) is 0 Å². The van der Waals surface area contributed by atoms with Crippen LogP contribution in [0.1, 0.15) is 5.56 Å². The fourth-order valence-electron chi connectivity index (χ4n) is 0.989. The van der Waals surface area contributed by atoms with Gasteiger partial charge < -0.3 is 15.2 Å². The zero-order chi connectivity index (χ0) is 9.84. The molecule has 1 rings (SSSR count). The Kier molecular flexibility index (Phi) is 3.08. The summed E-state index contributed by atoms with van der Waals surface area (Å²) in [6.07, 6.45) is 0. The fraction of sp³-hybridized carbons (Fsp3) is 0.222. The highest BCUT2D eigenvalue weighted by atomic mass is 32.1. The van der Waals surface area contributed by atoms with Crippen molar-refractivity contribution in [1.29, 1.82) is 0 Å². The minimum atomic E-state index is 0.348. The summed E-state index contributed by atoms with van der Waals surface area (Å²) in [4.78, 5) is 0.348. The maximum Gasteiger partial charge on any atom is 0.161 e. The van der Waals surface area contributed by atoms with Crippen molar-refractivity contribution in [3.05, 3.63) is 23.8 Å². The van der Waals surface area contributed by atoms with E-state index >= 15 is 0 Å². The molecule has 2 N–H and O–H groups in total. The summed E-state index contributed by atoms with van der Waals surface area (Å²) in [6, 6.07) is 5.32. The molecule has 0 saturated heterocycles. The molecular weight excluding hydrogens is 186 g/mol. The highest BCUT2D eigenvalue weighted by Gasteiger charge is 2.05. The van der Waals surface area contributed by atoms with E-state index in [1.807, 2.05) is 0 Å². The zero-order valence-corrected chi connectivity index (χ0v) is 8.35. The molecule has 0 spiro atoms. The lowest BCUT2D eigenvalue weighted by Crippen LogP contribution is -2.09. The van der Waals surface area contributed by atoms with E-state index in [1.54, 1.807) is 32.4 Å². The van der Waals surface area contributed by atoms with Crippen LogP contribution >= 0.6 is 12.2 Å². The second-order valence-electron chi connectivity index (χ2n) is 2.43. The van der Waals surface area contributed by atoms with Crippen LogP contribution in [-0.4, -0.2) is 19.2 Å². The lowest BCUT2D eigenvalue weighted by Gasteiger charge is -2.08. The molecule has 0 aliphatic heterocycles. The Morgan fingerprint density at radius 1 is 1.23 bits per heavy atom. The Morgan fingerprint density at radius 3 is 2.31 bits per heavy atom. The average Bonchev–Trinajstić information content (AvgIpc) is 2.16. The molecule has 0 amide bonds. The number of benzene rings is 1. The number of nitrogens with two attached hydrogens (primary N) is 1. The van der Waals surface area contributed by atoms with E-state index in [4.69, 9.17) is 27.4 Å². The summed E-state index contributed by atoms with van der Waals surface area (Å²) in [7, 11) is 3.15. The first-order valence-corrected chi connectivity index (χ1v) is 4.11. The quantitative estimate of drug-likeness (QED) is 0.743. The number of thiocarbonyl (C=S) groups is 1. The molecule has 1 aromatic rings. The number of hydrogen-bond donors (Lipinski definition) is 1. The second kappa shape index (κ2) is 4.09. The number of ether oxygens (including phenoxy) is 2. The zero-order valence-electron chi connectivity index (χ0n) is 7.53. The Balaban J connectivity index is 3.13. The van der Waals surface area contributed by atoms with Crippen LogP contribution in [0.3, 0.4) is 0 Å². The molecule has 0 aliphatic rings. The van der Waals surface area contributed by atoms with Crippen molar-refractivity contribution >= 4 is 17.2 Å². The largest absolute Gasteiger partial charge is 0.493 e. The minimum Gasteiger partial charge on any atom is -0.493 e. The summed E-state index contributed by atoms with van der Waals surface area (Å²) in [6.45, 7) is 0. The Morgan fingerprint density at radius 2 is 1.85 bits per heavy atom. The minimum absolute atomic E-state index is 0.348. The maximum absolute atomic E-state index is 5.46. The molecule has 0 bridgehead atoms. The standard InChI is InChI=1S/C9H11NO2S/c1-11-7-4-3-6(9(10)13)5-8(7)12-2/h3-5H,1-2H3,(H2,10,13).